The lowest BCUT2D eigenvalue weighted by atomic mass is 10.2. The fourth-order valence-corrected chi connectivity index (χ4v) is 2.92. The topological polar surface area (TPSA) is 61.9 Å². The molecule has 0 radical (unpaired) electrons. The van der Waals surface area contributed by atoms with Crippen LogP contribution in [0.1, 0.15) is 13.3 Å². The second-order valence-corrected chi connectivity index (χ2v) is 5.52. The highest BCUT2D eigenvalue weighted by molar-refractivity contribution is 6.06. The van der Waals surface area contributed by atoms with Gasteiger partial charge in [0, 0.05) is 31.0 Å². The van der Waals surface area contributed by atoms with Gasteiger partial charge in [0.1, 0.15) is 6.04 Å². The molecule has 1 N–H and O–H groups in total. The molecule has 0 saturated carbocycles. The molecule has 2 fully saturated rings. The predicted octanol–water partition coefficient (Wildman–Crippen LogP) is 1.08. The molecule has 1 aromatic rings. The number of likely N-dealkylation sites (tertiary alicyclic amines) is 1. The summed E-state index contributed by atoms with van der Waals surface area (Å²) >= 11 is 0. The molecule has 0 spiro atoms. The van der Waals surface area contributed by atoms with Crippen LogP contribution in [0.3, 0.4) is 0 Å². The van der Waals surface area contributed by atoms with Crippen molar-refractivity contribution >= 4 is 23.2 Å². The van der Waals surface area contributed by atoms with Crippen molar-refractivity contribution in [2.24, 2.45) is 0 Å². The Morgan fingerprint density at radius 2 is 1.86 bits per heavy atom. The molecule has 0 aliphatic carbocycles. The number of likely N-dealkylation sites (N-methyl/N-ethyl adjacent to an activating group) is 1. The van der Waals surface area contributed by atoms with Gasteiger partial charge in [-0.3, -0.25) is 14.5 Å². The van der Waals surface area contributed by atoms with Gasteiger partial charge in [-0.25, -0.2) is 0 Å². The summed E-state index contributed by atoms with van der Waals surface area (Å²) < 4.78 is 5.35. The van der Waals surface area contributed by atoms with Crippen LogP contribution in [0.4, 0.5) is 11.4 Å². The summed E-state index contributed by atoms with van der Waals surface area (Å²) in [6.07, 6.45) is 0.234. The van der Waals surface area contributed by atoms with Crippen LogP contribution in [0.5, 0.6) is 0 Å². The van der Waals surface area contributed by atoms with E-state index in [0.29, 0.717) is 6.54 Å². The van der Waals surface area contributed by atoms with Crippen LogP contribution in [0, 0.1) is 0 Å². The lowest BCUT2D eigenvalue weighted by molar-refractivity contribution is -0.138. The van der Waals surface area contributed by atoms with Gasteiger partial charge in [-0.1, -0.05) is 0 Å². The second-order valence-electron chi connectivity index (χ2n) is 5.52. The summed E-state index contributed by atoms with van der Waals surface area (Å²) in [5, 5.41) is 3.16. The summed E-state index contributed by atoms with van der Waals surface area (Å²) in [7, 11) is 0. The number of amides is 2. The van der Waals surface area contributed by atoms with Crippen molar-refractivity contribution in [3.63, 3.8) is 0 Å². The summed E-state index contributed by atoms with van der Waals surface area (Å²) in [5.74, 6) is -0.236. The zero-order valence-corrected chi connectivity index (χ0v) is 12.7. The van der Waals surface area contributed by atoms with Crippen LogP contribution in [-0.2, 0) is 14.3 Å². The smallest absolute Gasteiger partial charge is 0.252 e. The molecule has 6 nitrogen and oxygen atoms in total. The second kappa shape index (κ2) is 6.36. The van der Waals surface area contributed by atoms with Crippen LogP contribution in [0.25, 0.3) is 0 Å². The Labute approximate surface area is 130 Å². The fourth-order valence-electron chi connectivity index (χ4n) is 2.92. The van der Waals surface area contributed by atoms with Gasteiger partial charge in [0.15, 0.2) is 0 Å². The van der Waals surface area contributed by atoms with Crippen molar-refractivity contribution in [3.05, 3.63) is 24.3 Å². The van der Waals surface area contributed by atoms with Crippen molar-refractivity contribution in [1.29, 1.82) is 0 Å². The number of benzene rings is 1. The maximum Gasteiger partial charge on any atom is 0.252 e. The zero-order chi connectivity index (χ0) is 15.5. The maximum absolute atomic E-state index is 12.1. The molecule has 2 amide bonds. The van der Waals surface area contributed by atoms with Gasteiger partial charge in [-0.15, -0.1) is 0 Å². The van der Waals surface area contributed by atoms with E-state index in [1.807, 2.05) is 31.2 Å². The Morgan fingerprint density at radius 1 is 1.18 bits per heavy atom. The number of morpholine rings is 1. The average molecular weight is 303 g/mol. The molecule has 2 heterocycles. The van der Waals surface area contributed by atoms with Crippen LogP contribution in [-0.4, -0.2) is 55.6 Å². The van der Waals surface area contributed by atoms with Crippen LogP contribution in [0.2, 0.25) is 0 Å². The summed E-state index contributed by atoms with van der Waals surface area (Å²) in [5.41, 5.74) is 2.01. The first-order valence-corrected chi connectivity index (χ1v) is 7.72. The van der Waals surface area contributed by atoms with Crippen LogP contribution < -0.4 is 10.2 Å². The SMILES string of the molecule is CCN1C(=O)C[C@@H](Nc2ccc(N3CCOCC3)cc2)C1=O. The molecule has 0 aromatic heterocycles. The number of rotatable bonds is 4. The fraction of sp³-hybridized carbons (Fsp3) is 0.500. The van der Waals surface area contributed by atoms with Crippen molar-refractivity contribution < 1.29 is 14.3 Å². The number of hydrogen-bond donors (Lipinski definition) is 1. The van der Waals surface area contributed by atoms with Gasteiger partial charge in [-0.2, -0.15) is 0 Å². The summed E-state index contributed by atoms with van der Waals surface area (Å²) in [4.78, 5) is 27.4. The largest absolute Gasteiger partial charge is 0.378 e. The molecule has 2 aliphatic rings. The van der Waals surface area contributed by atoms with E-state index in [-0.39, 0.29) is 18.2 Å². The number of anilines is 2. The first-order chi connectivity index (χ1) is 10.7. The van der Waals surface area contributed by atoms with Crippen molar-refractivity contribution in [2.45, 2.75) is 19.4 Å². The highest BCUT2D eigenvalue weighted by Crippen LogP contribution is 2.22. The average Bonchev–Trinajstić information content (AvgIpc) is 2.82. The van der Waals surface area contributed by atoms with E-state index < -0.39 is 6.04 Å². The summed E-state index contributed by atoms with van der Waals surface area (Å²) in [6, 6.07) is 7.54. The normalized spacial score (nSPS) is 22.3. The zero-order valence-electron chi connectivity index (χ0n) is 12.7. The van der Waals surface area contributed by atoms with Gasteiger partial charge >= 0.3 is 0 Å². The van der Waals surface area contributed by atoms with Gasteiger partial charge in [0.05, 0.1) is 19.6 Å². The molecule has 6 heteroatoms. The summed E-state index contributed by atoms with van der Waals surface area (Å²) in [6.45, 7) is 5.56. The van der Waals surface area contributed by atoms with Gasteiger partial charge < -0.3 is 15.0 Å². The van der Waals surface area contributed by atoms with Crippen molar-refractivity contribution in [2.75, 3.05) is 43.1 Å². The van der Waals surface area contributed by atoms with E-state index in [0.717, 1.165) is 37.7 Å². The molecule has 118 valence electrons. The predicted molar refractivity (Wildman–Crippen MR) is 83.9 cm³/mol. The molecule has 1 aromatic carbocycles. The van der Waals surface area contributed by atoms with Crippen molar-refractivity contribution in [3.8, 4) is 0 Å². The third-order valence-electron chi connectivity index (χ3n) is 4.14. The highest BCUT2D eigenvalue weighted by Gasteiger charge is 2.37. The molecule has 3 rings (SSSR count). The lowest BCUT2D eigenvalue weighted by Crippen LogP contribution is -2.36. The third-order valence-corrected chi connectivity index (χ3v) is 4.14. The van der Waals surface area contributed by atoms with E-state index in [1.54, 1.807) is 0 Å². The molecular formula is C16H21N3O3. The third kappa shape index (κ3) is 2.92. The number of imide groups is 1. The molecule has 1 atom stereocenters. The molecule has 0 unspecified atom stereocenters. The Morgan fingerprint density at radius 3 is 2.45 bits per heavy atom. The van der Waals surface area contributed by atoms with E-state index in [1.165, 1.54) is 4.90 Å². The minimum absolute atomic E-state index is 0.102. The maximum atomic E-state index is 12.1. The minimum Gasteiger partial charge on any atom is -0.378 e. The first kappa shape index (κ1) is 14.8. The number of hydrogen-bond acceptors (Lipinski definition) is 5. The van der Waals surface area contributed by atoms with Crippen molar-refractivity contribution in [1.82, 2.24) is 4.90 Å². The van der Waals surface area contributed by atoms with Crippen LogP contribution >= 0.6 is 0 Å². The molecular weight excluding hydrogens is 282 g/mol. The number of nitrogens with one attached hydrogen (secondary N) is 1. The Kier molecular flexibility index (Phi) is 4.29. The van der Waals surface area contributed by atoms with E-state index in [9.17, 15) is 9.59 Å². The first-order valence-electron chi connectivity index (χ1n) is 7.72. The number of carbonyl (C=O) groups is 2. The minimum atomic E-state index is -0.443. The Hall–Kier alpha value is -2.08. The molecule has 22 heavy (non-hydrogen) atoms. The number of ether oxygens (including phenoxy) is 1. The highest BCUT2D eigenvalue weighted by atomic mass is 16.5. The number of nitrogens with zero attached hydrogens (tertiary/aromatic N) is 2. The Balaban J connectivity index is 1.64. The van der Waals surface area contributed by atoms with E-state index >= 15 is 0 Å². The van der Waals surface area contributed by atoms with E-state index in [4.69, 9.17) is 4.74 Å². The van der Waals surface area contributed by atoms with Gasteiger partial charge in [0.2, 0.25) is 5.91 Å². The van der Waals surface area contributed by atoms with Gasteiger partial charge in [0.25, 0.3) is 5.91 Å². The standard InChI is InChI=1S/C16H21N3O3/c1-2-19-15(20)11-14(16(19)21)17-12-3-5-13(6-4-12)18-7-9-22-10-8-18/h3-6,14,17H,2,7-11H2,1H3/t14-/m1/s1. The molecule has 2 saturated heterocycles. The lowest BCUT2D eigenvalue weighted by Gasteiger charge is -2.29. The monoisotopic (exact) mass is 303 g/mol. The quantitative estimate of drug-likeness (QED) is 0.844. The molecule has 2 aliphatic heterocycles. The molecule has 0 bridgehead atoms. The Bertz CT molecular complexity index is 552. The van der Waals surface area contributed by atoms with Crippen LogP contribution in [0.15, 0.2) is 24.3 Å². The van der Waals surface area contributed by atoms with E-state index in [2.05, 4.69) is 10.2 Å². The van der Waals surface area contributed by atoms with Gasteiger partial charge in [-0.05, 0) is 31.2 Å². The number of carbonyl (C=O) groups excluding carboxylic acids is 2.